The van der Waals surface area contributed by atoms with Crippen molar-refractivity contribution in [3.63, 3.8) is 0 Å². The SMILES string of the molecule is O=S([O-])C=C=C1CCCCC1. The minimum Gasteiger partial charge on any atom is -0.768 e. The van der Waals surface area contributed by atoms with E-state index in [4.69, 9.17) is 0 Å². The highest BCUT2D eigenvalue weighted by atomic mass is 32.2. The van der Waals surface area contributed by atoms with Crippen molar-refractivity contribution in [2.75, 3.05) is 0 Å². The molecule has 1 aliphatic rings. The van der Waals surface area contributed by atoms with E-state index >= 15 is 0 Å². The topological polar surface area (TPSA) is 40.1 Å². The number of allylic oxidation sites excluding steroid dienone is 1. The van der Waals surface area contributed by atoms with Gasteiger partial charge in [0.05, 0.1) is 0 Å². The van der Waals surface area contributed by atoms with Crippen LogP contribution in [0, 0.1) is 0 Å². The van der Waals surface area contributed by atoms with E-state index in [-0.39, 0.29) is 0 Å². The Hall–Kier alpha value is -0.370. The Morgan fingerprint density at radius 2 is 2.00 bits per heavy atom. The Labute approximate surface area is 69.3 Å². The van der Waals surface area contributed by atoms with Crippen LogP contribution in [0.2, 0.25) is 0 Å². The predicted molar refractivity (Wildman–Crippen MR) is 43.6 cm³/mol. The standard InChI is InChI=1S/C8H12O2S/c9-11(10)7-6-8-4-2-1-3-5-8/h7H,1-5H2,(H,9,10)/p-1. The van der Waals surface area contributed by atoms with E-state index < -0.39 is 11.1 Å². The molecule has 0 radical (unpaired) electrons. The van der Waals surface area contributed by atoms with Gasteiger partial charge in [-0.3, -0.25) is 4.21 Å². The molecule has 3 heteroatoms. The van der Waals surface area contributed by atoms with E-state index in [2.05, 4.69) is 5.73 Å². The van der Waals surface area contributed by atoms with E-state index in [1.54, 1.807) is 0 Å². The molecular formula is C8H11O2S-. The molecule has 0 bridgehead atoms. The molecule has 2 nitrogen and oxygen atoms in total. The Balaban J connectivity index is 2.56. The molecule has 1 fully saturated rings. The zero-order chi connectivity index (χ0) is 8.10. The van der Waals surface area contributed by atoms with Crippen molar-refractivity contribution >= 4 is 11.1 Å². The van der Waals surface area contributed by atoms with Gasteiger partial charge in [-0.2, -0.15) is 0 Å². The highest BCUT2D eigenvalue weighted by Crippen LogP contribution is 2.21. The van der Waals surface area contributed by atoms with Crippen molar-refractivity contribution in [3.8, 4) is 0 Å². The van der Waals surface area contributed by atoms with Gasteiger partial charge in [0.25, 0.3) is 0 Å². The van der Waals surface area contributed by atoms with Crippen LogP contribution in [0.3, 0.4) is 0 Å². The molecule has 0 saturated heterocycles. The summed E-state index contributed by atoms with van der Waals surface area (Å²) in [7, 11) is 0. The molecular weight excluding hydrogens is 160 g/mol. The van der Waals surface area contributed by atoms with Gasteiger partial charge in [-0.05, 0) is 42.3 Å². The van der Waals surface area contributed by atoms with Gasteiger partial charge in [-0.15, -0.1) is 5.73 Å². The Bertz CT molecular complexity index is 206. The highest BCUT2D eigenvalue weighted by molar-refractivity contribution is 7.82. The lowest BCUT2D eigenvalue weighted by molar-refractivity contribution is 0.546. The van der Waals surface area contributed by atoms with E-state index in [9.17, 15) is 8.76 Å². The maximum absolute atomic E-state index is 10.1. The summed E-state index contributed by atoms with van der Waals surface area (Å²) in [6.07, 6.45) is 5.68. The minimum atomic E-state index is -2.07. The summed E-state index contributed by atoms with van der Waals surface area (Å²) in [6.45, 7) is 0. The molecule has 0 spiro atoms. The molecule has 0 N–H and O–H groups in total. The van der Waals surface area contributed by atoms with Crippen LogP contribution in [0.15, 0.2) is 16.7 Å². The van der Waals surface area contributed by atoms with Crippen LogP contribution in [-0.4, -0.2) is 8.76 Å². The largest absolute Gasteiger partial charge is 0.768 e. The maximum atomic E-state index is 10.1. The van der Waals surface area contributed by atoms with Crippen molar-refractivity contribution in [2.45, 2.75) is 32.1 Å². The van der Waals surface area contributed by atoms with Crippen LogP contribution >= 0.6 is 0 Å². The third kappa shape index (κ3) is 3.51. The first-order valence-electron chi connectivity index (χ1n) is 3.81. The van der Waals surface area contributed by atoms with E-state index in [1.165, 1.54) is 19.3 Å². The van der Waals surface area contributed by atoms with Gasteiger partial charge in [0.15, 0.2) is 0 Å². The van der Waals surface area contributed by atoms with Gasteiger partial charge in [0.1, 0.15) is 0 Å². The summed E-state index contributed by atoms with van der Waals surface area (Å²) >= 11 is -2.07. The molecule has 1 atom stereocenters. The zero-order valence-corrected chi connectivity index (χ0v) is 7.15. The maximum Gasteiger partial charge on any atom is 0.0305 e. The average molecular weight is 171 g/mol. The van der Waals surface area contributed by atoms with E-state index in [0.717, 1.165) is 23.8 Å². The summed E-state index contributed by atoms with van der Waals surface area (Å²) < 4.78 is 20.2. The summed E-state index contributed by atoms with van der Waals surface area (Å²) in [5.41, 5.74) is 3.95. The quantitative estimate of drug-likeness (QED) is 0.446. The first-order valence-corrected chi connectivity index (χ1v) is 4.95. The predicted octanol–water partition coefficient (Wildman–Crippen LogP) is 1.87. The third-order valence-corrected chi connectivity index (χ3v) is 2.13. The van der Waals surface area contributed by atoms with Crippen LogP contribution in [0.4, 0.5) is 0 Å². The monoisotopic (exact) mass is 171 g/mol. The highest BCUT2D eigenvalue weighted by Gasteiger charge is 2.02. The fourth-order valence-electron chi connectivity index (χ4n) is 1.25. The van der Waals surface area contributed by atoms with Crippen LogP contribution in [0.25, 0.3) is 0 Å². The van der Waals surface area contributed by atoms with E-state index in [0.29, 0.717) is 0 Å². The summed E-state index contributed by atoms with van der Waals surface area (Å²) in [5, 5.41) is 1.11. The van der Waals surface area contributed by atoms with Crippen LogP contribution < -0.4 is 0 Å². The van der Waals surface area contributed by atoms with Crippen molar-refractivity contribution in [2.24, 2.45) is 0 Å². The van der Waals surface area contributed by atoms with Gasteiger partial charge < -0.3 is 4.55 Å². The van der Waals surface area contributed by atoms with Gasteiger partial charge in [0.2, 0.25) is 0 Å². The second-order valence-electron chi connectivity index (χ2n) is 2.69. The summed E-state index contributed by atoms with van der Waals surface area (Å²) in [5.74, 6) is 0. The molecule has 0 heterocycles. The van der Waals surface area contributed by atoms with Crippen molar-refractivity contribution in [1.29, 1.82) is 0 Å². The number of hydrogen-bond acceptors (Lipinski definition) is 2. The molecule has 0 aromatic rings. The first kappa shape index (κ1) is 8.72. The van der Waals surface area contributed by atoms with Crippen molar-refractivity contribution < 1.29 is 8.76 Å². The Kier molecular flexibility index (Phi) is 3.57. The summed E-state index contributed by atoms with van der Waals surface area (Å²) in [4.78, 5) is 0. The molecule has 0 aliphatic heterocycles. The third-order valence-electron chi connectivity index (χ3n) is 1.82. The molecule has 11 heavy (non-hydrogen) atoms. The molecule has 0 aromatic heterocycles. The Morgan fingerprint density at radius 1 is 1.36 bits per heavy atom. The lowest BCUT2D eigenvalue weighted by Crippen LogP contribution is -1.91. The molecule has 1 unspecified atom stereocenters. The zero-order valence-electron chi connectivity index (χ0n) is 6.34. The molecule has 1 aliphatic carbocycles. The number of rotatable bonds is 1. The fourth-order valence-corrected chi connectivity index (χ4v) is 1.52. The lowest BCUT2D eigenvalue weighted by atomic mass is 9.96. The minimum absolute atomic E-state index is 1.02. The molecule has 62 valence electrons. The van der Waals surface area contributed by atoms with Gasteiger partial charge >= 0.3 is 0 Å². The summed E-state index contributed by atoms with van der Waals surface area (Å²) in [6, 6.07) is 0. The van der Waals surface area contributed by atoms with Gasteiger partial charge in [-0.1, -0.05) is 6.42 Å². The van der Waals surface area contributed by atoms with Gasteiger partial charge in [0, 0.05) is 5.41 Å². The normalized spacial score (nSPS) is 20.6. The second kappa shape index (κ2) is 4.50. The fraction of sp³-hybridized carbons (Fsp3) is 0.625. The smallest absolute Gasteiger partial charge is 0.0305 e. The van der Waals surface area contributed by atoms with Crippen LogP contribution in [0.5, 0.6) is 0 Å². The Morgan fingerprint density at radius 3 is 2.55 bits per heavy atom. The number of hydrogen-bond donors (Lipinski definition) is 0. The molecule has 0 amide bonds. The lowest BCUT2D eigenvalue weighted by Gasteiger charge is -2.10. The van der Waals surface area contributed by atoms with Crippen molar-refractivity contribution in [1.82, 2.24) is 0 Å². The van der Waals surface area contributed by atoms with Crippen LogP contribution in [0.1, 0.15) is 32.1 Å². The van der Waals surface area contributed by atoms with Crippen LogP contribution in [-0.2, 0) is 11.1 Å². The molecule has 0 aromatic carbocycles. The molecule has 1 saturated carbocycles. The van der Waals surface area contributed by atoms with Crippen molar-refractivity contribution in [3.05, 3.63) is 16.7 Å². The molecule has 1 rings (SSSR count). The first-order chi connectivity index (χ1) is 5.29. The van der Waals surface area contributed by atoms with E-state index in [1.807, 2.05) is 0 Å². The average Bonchev–Trinajstić information content (AvgIpc) is 2.03. The second-order valence-corrected chi connectivity index (χ2v) is 3.44. The van der Waals surface area contributed by atoms with Gasteiger partial charge in [-0.25, -0.2) is 0 Å².